The number of nitrogens with zero attached hydrogens (tertiary/aromatic N) is 9. The molecule has 3 N–H and O–H groups in total. The lowest BCUT2D eigenvalue weighted by atomic mass is 9.74. The molecule has 13 atom stereocenters. The largest absolute Gasteiger partial charge is 0.394 e. The number of halogens is 3. The lowest BCUT2D eigenvalue weighted by molar-refractivity contribution is -0.215. The van der Waals surface area contributed by atoms with Crippen molar-refractivity contribution >= 4 is 70.9 Å². The number of carbonyl (C=O) groups excluding carboxylic acids is 12. The number of methoxy groups -OCH3 is 1. The second-order valence-electron chi connectivity index (χ2n) is 31.1. The zero-order chi connectivity index (χ0) is 76.8. The molecule has 0 aromatic carbocycles. The highest BCUT2D eigenvalue weighted by Gasteiger charge is 2.54. The molecule has 0 aromatic rings. The Morgan fingerprint density at radius 2 is 1.34 bits per heavy atom. The van der Waals surface area contributed by atoms with Crippen LogP contribution in [0.2, 0.25) is 0 Å². The second kappa shape index (κ2) is 37.6. The Bertz CT molecular complexity index is 3070. The van der Waals surface area contributed by atoms with Crippen LogP contribution in [0.25, 0.3) is 0 Å². The van der Waals surface area contributed by atoms with Gasteiger partial charge >= 0.3 is 6.18 Å². The monoisotopic (exact) mass is 1470 g/mol. The summed E-state index contributed by atoms with van der Waals surface area (Å²) in [5.74, 6) is -10.3. The molecule has 1 spiro atoms. The molecule has 2 saturated heterocycles. The van der Waals surface area contributed by atoms with Crippen LogP contribution >= 0.6 is 0 Å². The minimum absolute atomic E-state index is 0.00180. The number of likely N-dealkylation sites (N-methyl/N-ethyl adjacent to an activating group) is 7. The molecule has 3 heterocycles. The summed E-state index contributed by atoms with van der Waals surface area (Å²) in [6, 6.07) is -10.0. The Labute approximate surface area is 613 Å². The van der Waals surface area contributed by atoms with E-state index in [1.165, 1.54) is 101 Å². The van der Waals surface area contributed by atoms with E-state index in [-0.39, 0.29) is 109 Å². The van der Waals surface area contributed by atoms with Gasteiger partial charge in [0.1, 0.15) is 53.9 Å². The van der Waals surface area contributed by atoms with E-state index in [9.17, 15) is 41.9 Å². The number of amides is 12. The summed E-state index contributed by atoms with van der Waals surface area (Å²) in [5.41, 5.74) is -1.58. The van der Waals surface area contributed by atoms with Gasteiger partial charge in [-0.1, -0.05) is 84.8 Å². The third-order valence-electron chi connectivity index (χ3n) is 24.2. The summed E-state index contributed by atoms with van der Waals surface area (Å²) in [6.07, 6.45) is 4.41. The summed E-state index contributed by atoms with van der Waals surface area (Å²) in [7, 11) is 11.3. The van der Waals surface area contributed by atoms with Crippen LogP contribution in [0.15, 0.2) is 12.2 Å². The Hall–Kier alpha value is -6.91. The third-order valence-corrected chi connectivity index (χ3v) is 24.2. The molecule has 586 valence electrons. The average molecular weight is 1470 g/mol. The van der Waals surface area contributed by atoms with Crippen molar-refractivity contribution in [2.45, 2.75) is 261 Å². The van der Waals surface area contributed by atoms with E-state index in [4.69, 9.17) is 9.47 Å². The normalized spacial score (nSPS) is 31.8. The summed E-state index contributed by atoms with van der Waals surface area (Å²) in [6.45, 7) is 10.1. The first kappa shape index (κ1) is 84.4. The summed E-state index contributed by atoms with van der Waals surface area (Å²) in [5, 5.41) is 8.79. The molecular weight excluding hydrogens is 1350 g/mol. The molecule has 7 rings (SSSR count). The number of carbonyl (C=O) groups is 12. The van der Waals surface area contributed by atoms with Crippen molar-refractivity contribution < 1.29 is 80.2 Å². The van der Waals surface area contributed by atoms with E-state index < -0.39 is 180 Å². The second-order valence-corrected chi connectivity index (χ2v) is 31.1. The molecular formula is C75H121F3N12O14. The van der Waals surface area contributed by atoms with E-state index in [0.717, 1.165) is 38.5 Å². The predicted molar refractivity (Wildman–Crippen MR) is 382 cm³/mol. The number of rotatable bonds is 14. The molecule has 104 heavy (non-hydrogen) atoms. The van der Waals surface area contributed by atoms with Crippen LogP contribution in [0.5, 0.6) is 0 Å². The van der Waals surface area contributed by atoms with Gasteiger partial charge in [0.15, 0.2) is 0 Å². The van der Waals surface area contributed by atoms with Crippen LogP contribution in [-0.2, 0) is 67.0 Å². The fraction of sp³-hybridized carbons (Fsp3) is 0.813. The van der Waals surface area contributed by atoms with Gasteiger partial charge in [-0.25, -0.2) is 0 Å². The topological polar surface area (TPSA) is 289 Å². The first-order chi connectivity index (χ1) is 49.2. The molecule has 2 bridgehead atoms. The van der Waals surface area contributed by atoms with Crippen molar-refractivity contribution in [2.75, 3.05) is 95.8 Å². The quantitative estimate of drug-likeness (QED) is 0.186. The number of nitrogens with one attached hydrogen (secondary N) is 3. The van der Waals surface area contributed by atoms with E-state index in [2.05, 4.69) is 22.9 Å². The maximum atomic E-state index is 15.6. The minimum Gasteiger partial charge on any atom is -0.381 e. The Balaban J connectivity index is 1.31. The van der Waals surface area contributed by atoms with Crippen LogP contribution in [-0.4, -0.2) is 283 Å². The van der Waals surface area contributed by atoms with Crippen LogP contribution in [0.4, 0.5) is 13.2 Å². The van der Waals surface area contributed by atoms with E-state index in [1.807, 2.05) is 13.0 Å². The molecule has 6 fully saturated rings. The van der Waals surface area contributed by atoms with Gasteiger partial charge in [-0.3, -0.25) is 57.5 Å². The minimum atomic E-state index is -4.52. The number of hydrogen-bond donors (Lipinski definition) is 3. The Morgan fingerprint density at radius 1 is 0.683 bits per heavy atom. The highest BCUT2D eigenvalue weighted by atomic mass is 19.4. The lowest BCUT2D eigenvalue weighted by Gasteiger charge is -2.46. The molecule has 3 aliphatic heterocycles. The van der Waals surface area contributed by atoms with Gasteiger partial charge in [-0.15, -0.1) is 0 Å². The Kier molecular flexibility index (Phi) is 30.5. The van der Waals surface area contributed by atoms with Crippen molar-refractivity contribution in [3.8, 4) is 0 Å². The molecule has 12 amide bonds. The molecule has 4 aliphatic carbocycles. The maximum Gasteiger partial charge on any atom is 0.394 e. The molecule has 29 heteroatoms. The van der Waals surface area contributed by atoms with Crippen molar-refractivity contribution in [1.82, 2.24) is 60.0 Å². The molecule has 0 aromatic heterocycles. The first-order valence-corrected chi connectivity index (χ1v) is 38.4. The van der Waals surface area contributed by atoms with Crippen molar-refractivity contribution in [1.29, 1.82) is 0 Å². The van der Waals surface area contributed by atoms with Gasteiger partial charge in [0, 0.05) is 89.1 Å². The van der Waals surface area contributed by atoms with Crippen LogP contribution < -0.4 is 16.0 Å². The fourth-order valence-corrected chi connectivity index (χ4v) is 16.9. The van der Waals surface area contributed by atoms with Gasteiger partial charge in [0.05, 0.1) is 37.6 Å². The number of ether oxygens (including phenoxy) is 2. The maximum absolute atomic E-state index is 15.6. The van der Waals surface area contributed by atoms with Gasteiger partial charge < -0.3 is 69.5 Å². The SMILES string of the molecule is CCO[C@@H]1C[C@H]2C(=O)NC3(CCC3)C(=O)N(C)[C@@H](C3CCCC3)C(=O)N(C)[C@H](C(=O)N(C)CC)CC(=O)N(C)[C@@H](CC)C(=O)N[C@@H]([C@@H](C)CC)C(=O)N(C)CC(=O)N(C)[C@H]3C/C=C\CCN(C3=O)[C@@H](CC3CCC(C)CC3)C(=O)N(C)CC(=O)N[C@@H](CCC3CCC(C(F)(F)F)C(OC)C3)C(=O)N2C1. The molecule has 0 radical (unpaired) electrons. The van der Waals surface area contributed by atoms with Crippen molar-refractivity contribution in [3.05, 3.63) is 12.2 Å². The van der Waals surface area contributed by atoms with Gasteiger partial charge in [0.2, 0.25) is 70.9 Å². The van der Waals surface area contributed by atoms with Crippen molar-refractivity contribution in [3.63, 3.8) is 0 Å². The van der Waals surface area contributed by atoms with E-state index in [0.29, 0.717) is 38.0 Å². The number of hydrogen-bond acceptors (Lipinski definition) is 14. The molecule has 4 saturated carbocycles. The standard InChI is InChI=1S/C75H121F3N12O14/c1-15-47(6)63-71(100)84(9)45-62(93)86(11)55-27-20-19-23-38-89(70(55)99)58(39-48-30-28-46(5)29-31-48)69(98)83(8)44-60(91)79-53(35-33-49-32-34-52(75(76,77)78)59(40-49)103-14)67(96)90-43-51(104-18-4)41-56(90)66(95)81-74(36-24-37-74)73(102)88(13)64(50-25-21-22-26-50)72(101)87(12)57(68(97)82(7)17-3)42-61(92)85(10)54(16-2)65(94)80-63/h19-20,46-59,63-64H,15-18,21-45H2,1-14H3,(H,79,91)(H,80,94)(H,81,95)/b20-19-/t46?,47-,48?,49?,51+,52?,53-,54-,55-,56-,57-,58-,59?,63-,64-/m0/s1. The lowest BCUT2D eigenvalue weighted by Crippen LogP contribution is -2.68. The van der Waals surface area contributed by atoms with Crippen LogP contribution in [0, 0.1) is 35.5 Å². The summed E-state index contributed by atoms with van der Waals surface area (Å²) < 4.78 is 54.4. The number of alkyl halides is 3. The van der Waals surface area contributed by atoms with Crippen LogP contribution in [0.3, 0.4) is 0 Å². The Morgan fingerprint density at radius 3 is 1.93 bits per heavy atom. The van der Waals surface area contributed by atoms with Gasteiger partial charge in [-0.05, 0) is 133 Å². The summed E-state index contributed by atoms with van der Waals surface area (Å²) in [4.78, 5) is 193. The first-order valence-electron chi connectivity index (χ1n) is 38.4. The third kappa shape index (κ3) is 20.2. The summed E-state index contributed by atoms with van der Waals surface area (Å²) >= 11 is 0. The highest BCUT2D eigenvalue weighted by Crippen LogP contribution is 2.43. The molecule has 26 nitrogen and oxygen atoms in total. The van der Waals surface area contributed by atoms with Gasteiger partial charge in [-0.2, -0.15) is 13.2 Å². The number of fused-ring (bicyclic) bond motifs is 3. The van der Waals surface area contributed by atoms with Crippen molar-refractivity contribution in [2.24, 2.45) is 35.5 Å². The smallest absolute Gasteiger partial charge is 0.381 e. The fourth-order valence-electron chi connectivity index (χ4n) is 16.9. The highest BCUT2D eigenvalue weighted by molar-refractivity contribution is 6.01. The van der Waals surface area contributed by atoms with E-state index in [1.54, 1.807) is 33.8 Å². The zero-order valence-corrected chi connectivity index (χ0v) is 64.3. The predicted octanol–water partition coefficient (Wildman–Crippen LogP) is 5.29. The van der Waals surface area contributed by atoms with Gasteiger partial charge in [0.25, 0.3) is 0 Å². The van der Waals surface area contributed by atoms with E-state index >= 15 is 28.8 Å². The average Bonchev–Trinajstić information content (AvgIpc) is 1.25. The zero-order valence-electron chi connectivity index (χ0n) is 64.3. The molecule has 7 aliphatic rings. The van der Waals surface area contributed by atoms with Crippen LogP contribution in [0.1, 0.15) is 189 Å². The molecule has 3 unspecified atom stereocenters.